The Hall–Kier alpha value is -0.770. The summed E-state index contributed by atoms with van der Waals surface area (Å²) in [7, 11) is 0. The molecule has 3 aliphatic rings. The van der Waals surface area contributed by atoms with Crippen LogP contribution in [0.15, 0.2) is 0 Å². The highest BCUT2D eigenvalue weighted by atomic mass is 16.6. The minimum atomic E-state index is -0.396. The van der Waals surface area contributed by atoms with Gasteiger partial charge in [-0.25, -0.2) is 4.79 Å². The lowest BCUT2D eigenvalue weighted by molar-refractivity contribution is 0.0161. The second-order valence-electron chi connectivity index (χ2n) is 8.88. The Bertz CT molecular complexity index is 398. The van der Waals surface area contributed by atoms with Gasteiger partial charge in [-0.1, -0.05) is 0 Å². The highest BCUT2D eigenvalue weighted by Gasteiger charge is 2.41. The minimum Gasteiger partial charge on any atom is -0.444 e. The third kappa shape index (κ3) is 5.37. The van der Waals surface area contributed by atoms with E-state index in [4.69, 9.17) is 4.74 Å². The van der Waals surface area contributed by atoms with Gasteiger partial charge in [-0.05, 0) is 90.0 Å². The number of carbonyl (C=O) groups is 1. The predicted octanol–water partition coefficient (Wildman–Crippen LogP) is 3.80. The van der Waals surface area contributed by atoms with Crippen LogP contribution in [0.4, 0.5) is 4.79 Å². The molecule has 1 atom stereocenters. The van der Waals surface area contributed by atoms with Crippen LogP contribution in [0, 0.1) is 17.8 Å². The van der Waals surface area contributed by atoms with Crippen molar-refractivity contribution in [1.82, 2.24) is 10.2 Å². The summed E-state index contributed by atoms with van der Waals surface area (Å²) in [5.74, 6) is 2.56. The molecule has 0 radical (unpaired) electrons. The Labute approximate surface area is 141 Å². The fourth-order valence-electron chi connectivity index (χ4n) is 3.88. The van der Waals surface area contributed by atoms with E-state index in [9.17, 15) is 4.79 Å². The molecular formula is C19H34N2O2. The zero-order valence-corrected chi connectivity index (χ0v) is 15.1. The Kier molecular flexibility index (Phi) is 5.19. The van der Waals surface area contributed by atoms with Crippen molar-refractivity contribution in [3.8, 4) is 0 Å². The van der Waals surface area contributed by atoms with E-state index >= 15 is 0 Å². The molecule has 1 unspecified atom stereocenters. The number of rotatable bonds is 6. The summed E-state index contributed by atoms with van der Waals surface area (Å²) < 4.78 is 5.52. The molecular weight excluding hydrogens is 288 g/mol. The smallest absolute Gasteiger partial charge is 0.410 e. The topological polar surface area (TPSA) is 41.6 Å². The van der Waals surface area contributed by atoms with E-state index in [0.29, 0.717) is 5.92 Å². The molecule has 0 aromatic heterocycles. The molecule has 1 saturated heterocycles. The number of carbonyl (C=O) groups excluding carboxylic acids is 1. The minimum absolute atomic E-state index is 0.135. The lowest BCUT2D eigenvalue weighted by atomic mass is 9.94. The number of nitrogens with one attached hydrogen (secondary N) is 1. The van der Waals surface area contributed by atoms with Crippen LogP contribution in [0.5, 0.6) is 0 Å². The van der Waals surface area contributed by atoms with Gasteiger partial charge in [0, 0.05) is 19.1 Å². The van der Waals surface area contributed by atoms with Crippen LogP contribution in [0.1, 0.15) is 65.7 Å². The van der Waals surface area contributed by atoms with E-state index in [0.717, 1.165) is 43.9 Å². The van der Waals surface area contributed by atoms with E-state index in [1.807, 2.05) is 25.7 Å². The average molecular weight is 322 g/mol. The van der Waals surface area contributed by atoms with Crippen molar-refractivity contribution in [2.24, 2.45) is 17.8 Å². The molecule has 2 aliphatic carbocycles. The number of hydrogen-bond donors (Lipinski definition) is 1. The van der Waals surface area contributed by atoms with Crippen LogP contribution >= 0.6 is 0 Å². The van der Waals surface area contributed by atoms with Crippen LogP contribution in [0.2, 0.25) is 0 Å². The van der Waals surface area contributed by atoms with Gasteiger partial charge in [-0.3, -0.25) is 0 Å². The maximum atomic E-state index is 12.2. The first-order valence-electron chi connectivity index (χ1n) is 9.64. The number of nitrogens with zero attached hydrogens (tertiary/aromatic N) is 1. The maximum Gasteiger partial charge on any atom is 0.410 e. The Morgan fingerprint density at radius 2 is 1.83 bits per heavy atom. The first-order chi connectivity index (χ1) is 10.9. The van der Waals surface area contributed by atoms with Gasteiger partial charge in [0.15, 0.2) is 0 Å². The molecule has 0 bridgehead atoms. The van der Waals surface area contributed by atoms with Crippen molar-refractivity contribution in [3.05, 3.63) is 0 Å². The summed E-state index contributed by atoms with van der Waals surface area (Å²) in [5, 5.41) is 3.84. The summed E-state index contributed by atoms with van der Waals surface area (Å²) in [4.78, 5) is 14.1. The molecule has 23 heavy (non-hydrogen) atoms. The van der Waals surface area contributed by atoms with Gasteiger partial charge in [0.2, 0.25) is 0 Å². The van der Waals surface area contributed by atoms with Crippen LogP contribution in [0.25, 0.3) is 0 Å². The summed E-state index contributed by atoms with van der Waals surface area (Å²) >= 11 is 0. The van der Waals surface area contributed by atoms with Crippen LogP contribution in [-0.2, 0) is 4.74 Å². The monoisotopic (exact) mass is 322 g/mol. The quantitative estimate of drug-likeness (QED) is 0.808. The molecule has 3 rings (SSSR count). The molecule has 0 spiro atoms. The second-order valence-corrected chi connectivity index (χ2v) is 8.88. The SMILES string of the molecule is CC(C)(C)OC(=O)N1CCCC(CCNC(C2CC2)C2CC2)C1. The van der Waals surface area contributed by atoms with Crippen molar-refractivity contribution in [2.45, 2.75) is 77.4 Å². The molecule has 0 aromatic carbocycles. The number of amides is 1. The molecule has 0 aromatic rings. The third-order valence-electron chi connectivity index (χ3n) is 5.36. The van der Waals surface area contributed by atoms with E-state index in [-0.39, 0.29) is 6.09 Å². The molecule has 1 amide bonds. The number of ether oxygens (including phenoxy) is 1. The maximum absolute atomic E-state index is 12.2. The first kappa shape index (κ1) is 17.1. The van der Waals surface area contributed by atoms with Crippen molar-refractivity contribution >= 4 is 6.09 Å². The lowest BCUT2D eigenvalue weighted by Gasteiger charge is -2.34. The fraction of sp³-hybridized carbons (Fsp3) is 0.947. The van der Waals surface area contributed by atoms with E-state index < -0.39 is 5.60 Å². The molecule has 132 valence electrons. The third-order valence-corrected chi connectivity index (χ3v) is 5.36. The van der Waals surface area contributed by atoms with Crippen molar-refractivity contribution in [1.29, 1.82) is 0 Å². The van der Waals surface area contributed by atoms with Gasteiger partial charge >= 0.3 is 6.09 Å². The average Bonchev–Trinajstić information content (AvgIpc) is 3.36. The first-order valence-corrected chi connectivity index (χ1v) is 9.64. The van der Waals surface area contributed by atoms with Crippen molar-refractivity contribution in [3.63, 3.8) is 0 Å². The molecule has 1 N–H and O–H groups in total. The molecule has 2 saturated carbocycles. The van der Waals surface area contributed by atoms with Gasteiger partial charge in [0.05, 0.1) is 0 Å². The highest BCUT2D eigenvalue weighted by Crippen LogP contribution is 2.44. The fourth-order valence-corrected chi connectivity index (χ4v) is 3.88. The molecule has 4 heteroatoms. The zero-order valence-electron chi connectivity index (χ0n) is 15.1. The van der Waals surface area contributed by atoms with Gasteiger partial charge in [-0.2, -0.15) is 0 Å². The van der Waals surface area contributed by atoms with Gasteiger partial charge in [-0.15, -0.1) is 0 Å². The zero-order chi connectivity index (χ0) is 16.4. The normalized spacial score (nSPS) is 25.7. The standard InChI is InChI=1S/C19H34N2O2/c1-19(2,3)23-18(22)21-12-4-5-14(13-21)10-11-20-17(15-6-7-15)16-8-9-16/h14-17,20H,4-13H2,1-3H3. The molecule has 1 heterocycles. The Morgan fingerprint density at radius 3 is 2.39 bits per heavy atom. The summed E-state index contributed by atoms with van der Waals surface area (Å²) in [6.45, 7) is 8.65. The Balaban J connectivity index is 1.39. The molecule has 1 aliphatic heterocycles. The number of hydrogen-bond acceptors (Lipinski definition) is 3. The van der Waals surface area contributed by atoms with Gasteiger partial charge < -0.3 is 15.0 Å². The molecule has 4 nitrogen and oxygen atoms in total. The lowest BCUT2D eigenvalue weighted by Crippen LogP contribution is -2.43. The Morgan fingerprint density at radius 1 is 1.17 bits per heavy atom. The van der Waals surface area contributed by atoms with E-state index in [1.54, 1.807) is 0 Å². The summed E-state index contributed by atoms with van der Waals surface area (Å²) in [6.07, 6.45) is 9.15. The van der Waals surface area contributed by atoms with Crippen LogP contribution in [0.3, 0.4) is 0 Å². The van der Waals surface area contributed by atoms with E-state index in [1.165, 1.54) is 38.5 Å². The van der Waals surface area contributed by atoms with Gasteiger partial charge in [0.25, 0.3) is 0 Å². The van der Waals surface area contributed by atoms with Crippen LogP contribution < -0.4 is 5.32 Å². The summed E-state index contributed by atoms with van der Waals surface area (Å²) in [5.41, 5.74) is -0.396. The van der Waals surface area contributed by atoms with Gasteiger partial charge in [0.1, 0.15) is 5.60 Å². The largest absolute Gasteiger partial charge is 0.444 e. The number of likely N-dealkylation sites (tertiary alicyclic amines) is 1. The molecule has 3 fully saturated rings. The predicted molar refractivity (Wildman–Crippen MR) is 92.4 cm³/mol. The van der Waals surface area contributed by atoms with Crippen molar-refractivity contribution < 1.29 is 9.53 Å². The summed E-state index contributed by atoms with van der Waals surface area (Å²) in [6, 6.07) is 0.792. The highest BCUT2D eigenvalue weighted by molar-refractivity contribution is 5.68. The second kappa shape index (κ2) is 7.00. The van der Waals surface area contributed by atoms with E-state index in [2.05, 4.69) is 5.32 Å². The number of piperidine rings is 1. The van der Waals surface area contributed by atoms with Crippen LogP contribution in [-0.4, -0.2) is 42.3 Å². The van der Waals surface area contributed by atoms with Crippen molar-refractivity contribution in [2.75, 3.05) is 19.6 Å².